The lowest BCUT2D eigenvalue weighted by molar-refractivity contribution is 0.389. The van der Waals surface area contributed by atoms with Gasteiger partial charge in [0.15, 0.2) is 5.82 Å². The molecule has 0 aliphatic carbocycles. The van der Waals surface area contributed by atoms with E-state index in [1.807, 2.05) is 103 Å². The van der Waals surface area contributed by atoms with Crippen molar-refractivity contribution in [2.24, 2.45) is 0 Å². The summed E-state index contributed by atoms with van der Waals surface area (Å²) in [7, 11) is 0. The molecule has 0 bridgehead atoms. The molecule has 8 heterocycles. The molecule has 0 N–H and O–H groups in total. The Morgan fingerprint density at radius 2 is 1.07 bits per heavy atom. The molecule has 0 saturated carbocycles. The standard InChI is InChI=1S/3C6H8N2.3C5H7NO.C4H6N2O.C4H6N2S/c1-5-3-8-6(2)4-7-5;1-5-3-7-4-6(2)8-5;1-5-6(2)8-4-3-7-5;1-4-3-7-6-5(4)2;1-4-3-6-7-5(4)2;1-4-3-5(2)7-6-4;2*1-3-5-4(2)7-6-3/h3*3-4H,1-2H3;3*3H,1-2H3;2*1-2H3. The first-order chi connectivity index (χ1) is 27.9. The summed E-state index contributed by atoms with van der Waals surface area (Å²) in [6.45, 7) is 30.5. The van der Waals surface area contributed by atoms with Crippen LogP contribution in [0.2, 0.25) is 0 Å². The fourth-order valence-corrected chi connectivity index (χ4v) is 3.98. The van der Waals surface area contributed by atoms with Crippen molar-refractivity contribution in [3.63, 3.8) is 0 Å². The highest BCUT2D eigenvalue weighted by molar-refractivity contribution is 7.05. The topological polar surface area (TPSA) is 220 Å². The summed E-state index contributed by atoms with van der Waals surface area (Å²) in [6.07, 6.45) is 13.7. The van der Waals surface area contributed by atoms with Crippen molar-refractivity contribution in [2.45, 2.75) is 111 Å². The Balaban J connectivity index is 0.000000337. The fourth-order valence-electron chi connectivity index (χ4n) is 3.50. The van der Waals surface area contributed by atoms with Crippen LogP contribution in [0.4, 0.5) is 0 Å². The van der Waals surface area contributed by atoms with Crippen LogP contribution in [-0.2, 0) is 0 Å². The second-order valence-electron chi connectivity index (χ2n) is 12.8. The van der Waals surface area contributed by atoms with Gasteiger partial charge in [-0.05, 0) is 115 Å². The minimum Gasteiger partial charge on any atom is -0.364 e. The van der Waals surface area contributed by atoms with Crippen molar-refractivity contribution in [3.05, 3.63) is 146 Å². The van der Waals surface area contributed by atoms with E-state index in [9.17, 15) is 0 Å². The molecule has 8 aromatic heterocycles. The third kappa shape index (κ3) is 24.7. The predicted octanol–water partition coefficient (Wildman–Crippen LogP) is 9.00. The number of aryl methyl sites for hydroxylation is 16. The molecule has 316 valence electrons. The Bertz CT molecular complexity index is 2020. The number of hydrogen-bond donors (Lipinski definition) is 0. The van der Waals surface area contributed by atoms with Gasteiger partial charge in [-0.3, -0.25) is 29.9 Å². The molecule has 0 aliphatic heterocycles. The summed E-state index contributed by atoms with van der Waals surface area (Å²) >= 11 is 1.44. The van der Waals surface area contributed by atoms with E-state index in [0.717, 1.165) is 79.0 Å². The highest BCUT2D eigenvalue weighted by Crippen LogP contribution is 2.02. The van der Waals surface area contributed by atoms with Crippen LogP contribution in [0.3, 0.4) is 0 Å². The third-order valence-corrected chi connectivity index (χ3v) is 7.61. The lowest BCUT2D eigenvalue weighted by Gasteiger charge is -1.91. The SMILES string of the molecule is Cc1cc(C)on1.Cc1cnc(C)cn1.Cc1cncc(C)n1.Cc1cnoc1C.Cc1conc1C.Cc1nccnc1C.Cc1noc(C)n1.Cc1nsc(C)n1. The van der Waals surface area contributed by atoms with E-state index in [4.69, 9.17) is 9.05 Å². The monoisotopic (exact) mass is 827 g/mol. The van der Waals surface area contributed by atoms with Crippen molar-refractivity contribution < 1.29 is 18.1 Å². The first-order valence-electron chi connectivity index (χ1n) is 18.3. The Morgan fingerprint density at radius 3 is 1.25 bits per heavy atom. The first-order valence-corrected chi connectivity index (χ1v) is 19.1. The van der Waals surface area contributed by atoms with Crippen LogP contribution < -0.4 is 0 Å². The molecule has 18 heteroatoms. The third-order valence-electron chi connectivity index (χ3n) is 6.90. The Kier molecular flexibility index (Phi) is 24.1. The molecule has 17 nitrogen and oxygen atoms in total. The van der Waals surface area contributed by atoms with Crippen LogP contribution in [0.25, 0.3) is 0 Å². The van der Waals surface area contributed by atoms with Gasteiger partial charge in [0.05, 0.1) is 51.7 Å². The Morgan fingerprint density at radius 1 is 0.475 bits per heavy atom. The highest BCUT2D eigenvalue weighted by Gasteiger charge is 1.93. The lowest BCUT2D eigenvalue weighted by atomic mass is 10.3. The van der Waals surface area contributed by atoms with E-state index >= 15 is 0 Å². The van der Waals surface area contributed by atoms with Gasteiger partial charge in [-0.15, -0.1) is 0 Å². The molecule has 0 radical (unpaired) electrons. The zero-order chi connectivity index (χ0) is 44.3. The van der Waals surface area contributed by atoms with Crippen molar-refractivity contribution in [1.29, 1.82) is 0 Å². The maximum atomic E-state index is 4.71. The summed E-state index contributed by atoms with van der Waals surface area (Å²) in [6, 6.07) is 1.89. The van der Waals surface area contributed by atoms with E-state index in [1.165, 1.54) is 11.5 Å². The molecule has 0 fully saturated rings. The quantitative estimate of drug-likeness (QED) is 0.139. The summed E-state index contributed by atoms with van der Waals surface area (Å²) in [4.78, 5) is 31.9. The molecule has 0 aliphatic rings. The van der Waals surface area contributed by atoms with Crippen molar-refractivity contribution in [3.8, 4) is 0 Å². The molecule has 0 saturated heterocycles. The average molecular weight is 828 g/mol. The molecule has 0 unspecified atom stereocenters. The second kappa shape index (κ2) is 28.0. The summed E-state index contributed by atoms with van der Waals surface area (Å²) < 4.78 is 22.6. The van der Waals surface area contributed by atoms with Gasteiger partial charge >= 0.3 is 0 Å². The van der Waals surface area contributed by atoms with Gasteiger partial charge in [-0.1, -0.05) is 20.6 Å². The maximum absolute atomic E-state index is 4.71. The van der Waals surface area contributed by atoms with Gasteiger partial charge in [-0.25, -0.2) is 4.98 Å². The van der Waals surface area contributed by atoms with Gasteiger partial charge in [0.25, 0.3) is 0 Å². The zero-order valence-electron chi connectivity index (χ0n) is 37.1. The Labute approximate surface area is 350 Å². The molecule has 0 amide bonds. The molecule has 0 atom stereocenters. The summed E-state index contributed by atoms with van der Waals surface area (Å²) in [5.41, 5.74) is 10.0. The smallest absolute Gasteiger partial charge is 0.223 e. The van der Waals surface area contributed by atoms with Gasteiger partial charge in [-0.2, -0.15) is 9.36 Å². The predicted molar refractivity (Wildman–Crippen MR) is 226 cm³/mol. The van der Waals surface area contributed by atoms with E-state index in [1.54, 1.807) is 63.5 Å². The largest absolute Gasteiger partial charge is 0.364 e. The minimum absolute atomic E-state index is 0.623. The number of rotatable bonds is 0. The minimum atomic E-state index is 0.623. The lowest BCUT2D eigenvalue weighted by Crippen LogP contribution is -1.87. The van der Waals surface area contributed by atoms with Crippen molar-refractivity contribution >= 4 is 11.5 Å². The van der Waals surface area contributed by atoms with E-state index in [-0.39, 0.29) is 0 Å². The van der Waals surface area contributed by atoms with Gasteiger partial charge in [0.2, 0.25) is 5.89 Å². The van der Waals surface area contributed by atoms with Crippen LogP contribution in [0, 0.1) is 111 Å². The molecule has 0 aromatic carbocycles. The van der Waals surface area contributed by atoms with Gasteiger partial charge < -0.3 is 18.1 Å². The summed E-state index contributed by atoms with van der Waals surface area (Å²) in [5.74, 6) is 3.97. The van der Waals surface area contributed by atoms with Crippen LogP contribution in [0.5, 0.6) is 0 Å². The molecular weight excluding hydrogens is 771 g/mol. The average Bonchev–Trinajstić information content (AvgIpc) is 4.03. The second-order valence-corrected chi connectivity index (χ2v) is 13.7. The molecule has 8 rings (SSSR count). The number of hydrogen-bond acceptors (Lipinski definition) is 18. The maximum Gasteiger partial charge on any atom is 0.223 e. The van der Waals surface area contributed by atoms with E-state index in [0.29, 0.717) is 11.7 Å². The van der Waals surface area contributed by atoms with Crippen molar-refractivity contribution in [1.82, 2.24) is 64.9 Å². The first kappa shape index (κ1) is 50.6. The van der Waals surface area contributed by atoms with E-state index < -0.39 is 0 Å². The fraction of sp³-hybridized carbons (Fsp3) is 0.390. The molecular formula is C41H57N13O4S. The Hall–Kier alpha value is -6.43. The van der Waals surface area contributed by atoms with Crippen LogP contribution in [0.1, 0.15) is 90.7 Å². The zero-order valence-corrected chi connectivity index (χ0v) is 37.9. The van der Waals surface area contributed by atoms with Crippen LogP contribution >= 0.6 is 11.5 Å². The van der Waals surface area contributed by atoms with Crippen LogP contribution in [-0.4, -0.2) is 64.9 Å². The number of nitrogens with zero attached hydrogens (tertiary/aromatic N) is 13. The highest BCUT2D eigenvalue weighted by atomic mass is 32.1. The molecule has 8 aromatic rings. The molecule has 0 spiro atoms. The van der Waals surface area contributed by atoms with Crippen LogP contribution in [0.15, 0.2) is 73.8 Å². The van der Waals surface area contributed by atoms with E-state index in [2.05, 4.69) is 73.9 Å². The molecule has 59 heavy (non-hydrogen) atoms. The van der Waals surface area contributed by atoms with Crippen molar-refractivity contribution in [2.75, 3.05) is 0 Å². The summed E-state index contributed by atoms with van der Waals surface area (Å²) in [5, 5.41) is 15.4. The normalized spacial score (nSPS) is 9.36. The number of aromatic nitrogens is 13. The van der Waals surface area contributed by atoms with Gasteiger partial charge in [0.1, 0.15) is 28.6 Å². The van der Waals surface area contributed by atoms with Gasteiger partial charge in [0, 0.05) is 61.3 Å².